The molecule has 2 aromatic carbocycles. The number of furan rings is 1. The summed E-state index contributed by atoms with van der Waals surface area (Å²) in [5, 5.41) is 22.0. The molecular formula is C32H31N3O7S. The van der Waals surface area contributed by atoms with E-state index >= 15 is 0 Å². The van der Waals surface area contributed by atoms with Gasteiger partial charge < -0.3 is 23.9 Å². The summed E-state index contributed by atoms with van der Waals surface area (Å²) in [7, 11) is -0.693. The lowest BCUT2D eigenvalue weighted by molar-refractivity contribution is -0.186. The highest BCUT2D eigenvalue weighted by atomic mass is 32.2. The molecule has 2 bridgehead atoms. The summed E-state index contributed by atoms with van der Waals surface area (Å²) in [6.07, 6.45) is 6.96. The van der Waals surface area contributed by atoms with Crippen LogP contribution in [0.25, 0.3) is 6.08 Å². The fraction of sp³-hybridized carbons (Fsp3) is 0.375. The van der Waals surface area contributed by atoms with Crippen molar-refractivity contribution < 1.29 is 32.2 Å². The third kappa shape index (κ3) is 3.76. The van der Waals surface area contributed by atoms with Crippen LogP contribution in [0.4, 0.5) is 0 Å². The maximum atomic E-state index is 14.1. The van der Waals surface area contributed by atoms with Gasteiger partial charge in [0.2, 0.25) is 15.9 Å². The topological polar surface area (TPSA) is 133 Å². The Morgan fingerprint density at radius 1 is 1.21 bits per heavy atom. The number of methoxy groups -OCH3 is 1. The summed E-state index contributed by atoms with van der Waals surface area (Å²) >= 11 is 0. The first-order valence-electron chi connectivity index (χ1n) is 14.2. The molecule has 43 heavy (non-hydrogen) atoms. The summed E-state index contributed by atoms with van der Waals surface area (Å²) in [5.41, 5.74) is 0.506. The number of ether oxygens (including phenoxy) is 2. The molecule has 1 unspecified atom stereocenters. The Labute approximate surface area is 249 Å². The van der Waals surface area contributed by atoms with E-state index in [-0.39, 0.29) is 29.8 Å². The number of aliphatic hydroxyl groups is 1. The van der Waals surface area contributed by atoms with Gasteiger partial charge in [0.25, 0.3) is 0 Å². The lowest BCUT2D eigenvalue weighted by Gasteiger charge is -2.64. The highest BCUT2D eigenvalue weighted by Gasteiger charge is 2.74. The fourth-order valence-corrected chi connectivity index (χ4v) is 9.64. The van der Waals surface area contributed by atoms with Gasteiger partial charge in [0.15, 0.2) is 11.5 Å². The number of hydrogen-bond donors (Lipinski definition) is 1. The monoisotopic (exact) mass is 601 g/mol. The SMILES string of the molecule is COc1ccc2c3c1O[C@H]1[C@H](N(C)C(=O)/C=C\c4ccoc4)CC[C@@]4(O)[C@@H](C2)N(S(=O)(=O)c2ccc(C#N)cc2)CCC314. The van der Waals surface area contributed by atoms with E-state index in [9.17, 15) is 23.6 Å². The summed E-state index contributed by atoms with van der Waals surface area (Å²) in [6, 6.07) is 12.3. The van der Waals surface area contributed by atoms with Crippen molar-refractivity contribution in [2.45, 2.75) is 59.8 Å². The number of hydrogen-bond acceptors (Lipinski definition) is 8. The Bertz CT molecular complexity index is 1780. The number of likely N-dealkylation sites (N-methyl/N-ethyl adjacent to an activating group) is 1. The van der Waals surface area contributed by atoms with E-state index in [0.717, 1.165) is 16.7 Å². The molecular weight excluding hydrogens is 570 g/mol. The molecule has 222 valence electrons. The lowest BCUT2D eigenvalue weighted by Crippen LogP contribution is -2.78. The molecule has 5 atom stereocenters. The Hall–Kier alpha value is -4.11. The molecule has 1 N–H and O–H groups in total. The second kappa shape index (κ2) is 9.71. The Balaban J connectivity index is 1.31. The highest BCUT2D eigenvalue weighted by Crippen LogP contribution is 2.66. The van der Waals surface area contributed by atoms with Crippen molar-refractivity contribution in [2.75, 3.05) is 20.7 Å². The molecule has 4 aliphatic rings. The van der Waals surface area contributed by atoms with E-state index in [4.69, 9.17) is 13.9 Å². The van der Waals surface area contributed by atoms with Crippen LogP contribution in [0.3, 0.4) is 0 Å². The van der Waals surface area contributed by atoms with Gasteiger partial charge in [-0.05, 0) is 73.7 Å². The molecule has 1 saturated carbocycles. The van der Waals surface area contributed by atoms with Crippen LogP contribution in [0.1, 0.15) is 41.5 Å². The zero-order valence-electron chi connectivity index (χ0n) is 23.8. The van der Waals surface area contributed by atoms with Gasteiger partial charge in [-0.3, -0.25) is 4.79 Å². The van der Waals surface area contributed by atoms with Crippen molar-refractivity contribution in [3.05, 3.63) is 83.3 Å². The molecule has 7 rings (SSSR count). The van der Waals surface area contributed by atoms with Gasteiger partial charge >= 0.3 is 0 Å². The highest BCUT2D eigenvalue weighted by molar-refractivity contribution is 7.89. The number of rotatable bonds is 6. The van der Waals surface area contributed by atoms with Gasteiger partial charge in [-0.15, -0.1) is 0 Å². The molecule has 1 saturated heterocycles. The number of nitrogens with zero attached hydrogens (tertiary/aromatic N) is 3. The number of carbonyl (C=O) groups excluding carboxylic acids is 1. The third-order valence-corrected chi connectivity index (χ3v) is 11.9. The largest absolute Gasteiger partial charge is 0.493 e. The normalized spacial score (nSPS) is 29.0. The minimum absolute atomic E-state index is 0.0786. The van der Waals surface area contributed by atoms with Crippen LogP contribution >= 0.6 is 0 Å². The van der Waals surface area contributed by atoms with Crippen molar-refractivity contribution in [3.63, 3.8) is 0 Å². The van der Waals surface area contributed by atoms with Crippen LogP contribution in [0.15, 0.2) is 70.4 Å². The number of carbonyl (C=O) groups is 1. The minimum Gasteiger partial charge on any atom is -0.493 e. The zero-order valence-corrected chi connectivity index (χ0v) is 24.6. The van der Waals surface area contributed by atoms with Crippen LogP contribution in [-0.2, 0) is 26.7 Å². The molecule has 3 aromatic rings. The Morgan fingerprint density at radius 3 is 2.70 bits per heavy atom. The van der Waals surface area contributed by atoms with Gasteiger partial charge in [-0.25, -0.2) is 8.42 Å². The molecule has 2 aliphatic carbocycles. The first-order chi connectivity index (χ1) is 20.7. The van der Waals surface area contributed by atoms with Gasteiger partial charge in [-0.1, -0.05) is 6.07 Å². The average molecular weight is 602 g/mol. The van der Waals surface area contributed by atoms with E-state index in [0.29, 0.717) is 36.3 Å². The molecule has 1 aromatic heterocycles. The molecule has 2 fully saturated rings. The van der Waals surface area contributed by atoms with Gasteiger partial charge in [0.1, 0.15) is 6.10 Å². The van der Waals surface area contributed by atoms with E-state index < -0.39 is 33.2 Å². The van der Waals surface area contributed by atoms with Crippen molar-refractivity contribution in [3.8, 4) is 17.6 Å². The predicted octanol–water partition coefficient (Wildman–Crippen LogP) is 3.24. The fourth-order valence-electron chi connectivity index (χ4n) is 7.97. The standard InChI is InChI=1S/C32H31N3O7S/c1-34(27(36)10-5-21-12-16-41-19-21)24-11-13-32(37)26-17-22-6-9-25(40-2)29-28(22)31(32,30(24)42-29)14-15-35(26)43(38,39)23-7-3-20(18-33)4-8-23/h3-10,12,16,19,24,26,30,37H,11,13-15,17H2,1-2H3/b10-5-/t24-,26-,30+,31?,32-/m1/s1. The first kappa shape index (κ1) is 27.7. The molecule has 3 heterocycles. The van der Waals surface area contributed by atoms with Gasteiger partial charge in [0.05, 0.1) is 59.3 Å². The van der Waals surface area contributed by atoms with Gasteiger partial charge in [-0.2, -0.15) is 9.57 Å². The number of sulfonamides is 1. The number of benzene rings is 2. The van der Waals surface area contributed by atoms with Crippen molar-refractivity contribution >= 4 is 22.0 Å². The lowest BCUT2D eigenvalue weighted by atomic mass is 9.48. The van der Waals surface area contributed by atoms with Crippen LogP contribution in [0.2, 0.25) is 0 Å². The molecule has 11 heteroatoms. The Morgan fingerprint density at radius 2 is 2.00 bits per heavy atom. The second-order valence-corrected chi connectivity index (χ2v) is 13.6. The van der Waals surface area contributed by atoms with E-state index in [1.807, 2.05) is 18.2 Å². The maximum absolute atomic E-state index is 14.1. The summed E-state index contributed by atoms with van der Waals surface area (Å²) in [4.78, 5) is 15.1. The average Bonchev–Trinajstić information content (AvgIpc) is 3.65. The predicted molar refractivity (Wildman–Crippen MR) is 155 cm³/mol. The maximum Gasteiger partial charge on any atom is 0.246 e. The number of nitriles is 1. The van der Waals surface area contributed by atoms with Crippen molar-refractivity contribution in [1.82, 2.24) is 9.21 Å². The summed E-state index contributed by atoms with van der Waals surface area (Å²) in [6.45, 7) is 0.163. The molecule has 10 nitrogen and oxygen atoms in total. The van der Waals surface area contributed by atoms with Crippen LogP contribution < -0.4 is 9.47 Å². The second-order valence-electron chi connectivity index (χ2n) is 11.7. The van der Waals surface area contributed by atoms with Crippen LogP contribution in [0.5, 0.6) is 11.5 Å². The molecule has 1 amide bonds. The number of piperidine rings is 1. The smallest absolute Gasteiger partial charge is 0.246 e. The first-order valence-corrected chi connectivity index (χ1v) is 15.7. The molecule has 1 spiro atoms. The quantitative estimate of drug-likeness (QED) is 0.426. The van der Waals surface area contributed by atoms with Crippen LogP contribution in [0, 0.1) is 11.3 Å². The zero-order chi connectivity index (χ0) is 30.1. The summed E-state index contributed by atoms with van der Waals surface area (Å²) in [5.74, 6) is 0.892. The molecule has 0 radical (unpaired) electrons. The van der Waals surface area contributed by atoms with Crippen LogP contribution in [-0.4, -0.2) is 73.1 Å². The van der Waals surface area contributed by atoms with Gasteiger partial charge in [0, 0.05) is 30.8 Å². The minimum atomic E-state index is -4.00. The van der Waals surface area contributed by atoms with Crippen molar-refractivity contribution in [1.29, 1.82) is 5.26 Å². The van der Waals surface area contributed by atoms with E-state index in [1.165, 1.54) is 40.9 Å². The van der Waals surface area contributed by atoms with E-state index in [1.54, 1.807) is 37.5 Å². The number of amides is 1. The summed E-state index contributed by atoms with van der Waals surface area (Å²) < 4.78 is 47.0. The third-order valence-electron chi connectivity index (χ3n) is 9.98. The van der Waals surface area contributed by atoms with Crippen molar-refractivity contribution in [2.24, 2.45) is 0 Å². The molecule has 2 aliphatic heterocycles. The Kier molecular flexibility index (Phi) is 6.25. The van der Waals surface area contributed by atoms with E-state index in [2.05, 4.69) is 0 Å².